The summed E-state index contributed by atoms with van der Waals surface area (Å²) in [5, 5.41) is 18.3. The Morgan fingerprint density at radius 2 is 1.93 bits per heavy atom. The van der Waals surface area contributed by atoms with Gasteiger partial charge in [-0.3, -0.25) is 4.79 Å². The second-order valence-electron chi connectivity index (χ2n) is 14.2. The molecule has 0 radical (unpaired) electrons. The average molecular weight is 551 g/mol. The zero-order valence-electron chi connectivity index (χ0n) is 25.1. The highest BCUT2D eigenvalue weighted by atomic mass is 16.5. The van der Waals surface area contributed by atoms with E-state index in [9.17, 15) is 9.90 Å². The third kappa shape index (κ3) is 4.74. The Hall–Kier alpha value is -2.15. The molecular weight excluding hydrogens is 500 g/mol. The summed E-state index contributed by atoms with van der Waals surface area (Å²) in [6, 6.07) is 1.94. The maximum Gasteiger partial charge on any atom is 0.257 e. The van der Waals surface area contributed by atoms with Crippen LogP contribution in [-0.4, -0.2) is 65.5 Å². The first kappa shape index (κ1) is 28.0. The fourth-order valence-electron chi connectivity index (χ4n) is 10.2. The summed E-state index contributed by atoms with van der Waals surface area (Å²) in [6.07, 6.45) is 15.4. The lowest BCUT2D eigenvalue weighted by molar-refractivity contribution is -0.132. The van der Waals surface area contributed by atoms with Crippen molar-refractivity contribution in [1.29, 1.82) is 0 Å². The molecule has 220 valence electrons. The van der Waals surface area contributed by atoms with Gasteiger partial charge in [-0.2, -0.15) is 5.10 Å². The number of rotatable bonds is 6. The number of aliphatic hydroxyl groups is 1. The van der Waals surface area contributed by atoms with Gasteiger partial charge in [0.2, 0.25) is 5.91 Å². The van der Waals surface area contributed by atoms with Gasteiger partial charge in [0.15, 0.2) is 0 Å². The number of methoxy groups -OCH3 is 1. The molecule has 1 aromatic heterocycles. The number of fused-ring (bicyclic) bond motifs is 5. The van der Waals surface area contributed by atoms with E-state index in [4.69, 9.17) is 4.74 Å². The minimum atomic E-state index is -0.129. The fourth-order valence-corrected chi connectivity index (χ4v) is 10.2. The van der Waals surface area contributed by atoms with Crippen molar-refractivity contribution in [1.82, 2.24) is 15.1 Å². The van der Waals surface area contributed by atoms with Crippen molar-refractivity contribution in [3.63, 3.8) is 0 Å². The molecule has 1 amide bonds. The summed E-state index contributed by atoms with van der Waals surface area (Å²) in [7, 11) is 1.62. The Balaban J connectivity index is 1.04. The number of allylic oxidation sites excluding steroid dienone is 1. The van der Waals surface area contributed by atoms with Gasteiger partial charge in [-0.15, -0.1) is 5.10 Å². The topological polar surface area (TPSA) is 78.8 Å². The Morgan fingerprint density at radius 1 is 1.12 bits per heavy atom. The van der Waals surface area contributed by atoms with E-state index in [2.05, 4.69) is 46.8 Å². The molecule has 0 aromatic carbocycles. The van der Waals surface area contributed by atoms with Crippen LogP contribution in [0, 0.1) is 40.4 Å². The Bertz CT molecular complexity index is 1120. The predicted octanol–water partition coefficient (Wildman–Crippen LogP) is 5.49. The SMILES string of the molecule is COc1nnccc1N1CCN(C(=O)CCC(C)[C@H]2CC[C@H]3[C@@H]4CC=C5C[C@@H](O)CC[C@]5(C)[C@H]4CC[C@]23C)CC1. The van der Waals surface area contributed by atoms with Gasteiger partial charge in [-0.1, -0.05) is 32.4 Å². The average Bonchev–Trinajstić information content (AvgIpc) is 3.33. The lowest BCUT2D eigenvalue weighted by Gasteiger charge is -2.58. The molecule has 7 nitrogen and oxygen atoms in total. The Morgan fingerprint density at radius 3 is 2.70 bits per heavy atom. The molecule has 1 N–H and O–H groups in total. The van der Waals surface area contributed by atoms with Crippen LogP contribution in [0.2, 0.25) is 0 Å². The first-order valence-electron chi connectivity index (χ1n) is 16.0. The number of amides is 1. The maximum absolute atomic E-state index is 13.3. The van der Waals surface area contributed by atoms with Crippen LogP contribution in [0.25, 0.3) is 0 Å². The van der Waals surface area contributed by atoms with E-state index in [0.29, 0.717) is 35.0 Å². The number of hydrogen-bond acceptors (Lipinski definition) is 6. The second-order valence-corrected chi connectivity index (χ2v) is 14.2. The Labute approximate surface area is 240 Å². The zero-order chi connectivity index (χ0) is 28.1. The van der Waals surface area contributed by atoms with Gasteiger partial charge in [-0.05, 0) is 104 Å². The largest absolute Gasteiger partial charge is 0.478 e. The van der Waals surface area contributed by atoms with E-state index >= 15 is 0 Å². The molecule has 0 bridgehead atoms. The standard InChI is InChI=1S/C33H50N4O3/c1-22(5-10-30(39)37-19-17-36(18-20-37)29-13-16-34-35-31(29)40-4)26-8-9-27-25-7-6-23-21-24(38)11-14-32(23,2)28(25)12-15-33(26,27)3/h6,13,16,22,24-28,38H,5,7-12,14-15,17-21H2,1-4H3/t22?,24-,25-,26+,27-,28-,32-,33+/m0/s1. The second kappa shape index (κ2) is 10.9. The molecule has 4 fully saturated rings. The van der Waals surface area contributed by atoms with Crippen molar-refractivity contribution in [2.45, 2.75) is 91.1 Å². The van der Waals surface area contributed by atoms with Crippen LogP contribution in [0.5, 0.6) is 5.88 Å². The van der Waals surface area contributed by atoms with Crippen LogP contribution >= 0.6 is 0 Å². The molecule has 1 unspecified atom stereocenters. The van der Waals surface area contributed by atoms with Crippen LogP contribution < -0.4 is 9.64 Å². The number of aliphatic hydroxyl groups excluding tert-OH is 1. The normalized spacial score (nSPS) is 38.1. The first-order valence-corrected chi connectivity index (χ1v) is 16.0. The lowest BCUT2D eigenvalue weighted by atomic mass is 9.47. The summed E-state index contributed by atoms with van der Waals surface area (Å²) < 4.78 is 5.39. The quantitative estimate of drug-likeness (QED) is 0.472. The number of carbonyl (C=O) groups is 1. The van der Waals surface area contributed by atoms with Crippen LogP contribution in [0.15, 0.2) is 23.9 Å². The number of hydrogen-bond donors (Lipinski definition) is 1. The van der Waals surface area contributed by atoms with Crippen LogP contribution in [0.4, 0.5) is 5.69 Å². The third-order valence-corrected chi connectivity index (χ3v) is 12.5. The minimum Gasteiger partial charge on any atom is -0.478 e. The molecule has 5 aliphatic rings. The molecule has 0 spiro atoms. The van der Waals surface area contributed by atoms with E-state index < -0.39 is 0 Å². The van der Waals surface area contributed by atoms with Crippen molar-refractivity contribution in [2.24, 2.45) is 40.4 Å². The molecule has 8 atom stereocenters. The van der Waals surface area contributed by atoms with E-state index in [1.807, 2.05) is 6.07 Å². The van der Waals surface area contributed by atoms with Gasteiger partial charge in [0.05, 0.1) is 19.4 Å². The van der Waals surface area contributed by atoms with Gasteiger partial charge in [0.1, 0.15) is 5.69 Å². The molecule has 2 heterocycles. The maximum atomic E-state index is 13.3. The van der Waals surface area contributed by atoms with Gasteiger partial charge >= 0.3 is 0 Å². The summed E-state index contributed by atoms with van der Waals surface area (Å²) in [5.41, 5.74) is 3.23. The van der Waals surface area contributed by atoms with Crippen LogP contribution in [0.1, 0.15) is 85.0 Å². The lowest BCUT2D eigenvalue weighted by Crippen LogP contribution is -2.51. The molecule has 1 aromatic rings. The van der Waals surface area contributed by atoms with Gasteiger partial charge in [-0.25, -0.2) is 0 Å². The third-order valence-electron chi connectivity index (χ3n) is 12.5. The highest BCUT2D eigenvalue weighted by molar-refractivity contribution is 5.76. The summed E-state index contributed by atoms with van der Waals surface area (Å²) in [5.74, 6) is 4.56. The first-order chi connectivity index (χ1) is 19.2. The monoisotopic (exact) mass is 550 g/mol. The summed E-state index contributed by atoms with van der Waals surface area (Å²) in [6.45, 7) is 10.6. The van der Waals surface area contributed by atoms with Crippen molar-refractivity contribution in [3.05, 3.63) is 23.9 Å². The van der Waals surface area contributed by atoms with E-state index in [-0.39, 0.29) is 6.10 Å². The molecule has 3 saturated carbocycles. The number of aromatic nitrogens is 2. The fraction of sp³-hybridized carbons (Fsp3) is 0.788. The van der Waals surface area contributed by atoms with E-state index in [1.54, 1.807) is 18.9 Å². The van der Waals surface area contributed by atoms with Gasteiger partial charge in [0.25, 0.3) is 5.88 Å². The predicted molar refractivity (Wildman–Crippen MR) is 157 cm³/mol. The van der Waals surface area contributed by atoms with Crippen molar-refractivity contribution in [2.75, 3.05) is 38.2 Å². The van der Waals surface area contributed by atoms with Gasteiger partial charge in [0, 0.05) is 32.6 Å². The molecule has 1 saturated heterocycles. The number of piperazine rings is 1. The summed E-state index contributed by atoms with van der Waals surface area (Å²) in [4.78, 5) is 17.6. The highest BCUT2D eigenvalue weighted by Gasteiger charge is 2.59. The van der Waals surface area contributed by atoms with Crippen molar-refractivity contribution >= 4 is 11.6 Å². The molecule has 6 rings (SSSR count). The molecule has 1 aliphatic heterocycles. The zero-order valence-corrected chi connectivity index (χ0v) is 25.1. The van der Waals surface area contributed by atoms with E-state index in [1.165, 1.54) is 32.1 Å². The number of nitrogens with zero attached hydrogens (tertiary/aromatic N) is 4. The number of anilines is 1. The highest BCUT2D eigenvalue weighted by Crippen LogP contribution is 2.67. The minimum absolute atomic E-state index is 0.129. The number of carbonyl (C=O) groups excluding carboxylic acids is 1. The molecule has 40 heavy (non-hydrogen) atoms. The van der Waals surface area contributed by atoms with Crippen molar-refractivity contribution < 1.29 is 14.6 Å². The van der Waals surface area contributed by atoms with E-state index in [0.717, 1.165) is 81.2 Å². The molecule has 4 aliphatic carbocycles. The van der Waals surface area contributed by atoms with Crippen LogP contribution in [0.3, 0.4) is 0 Å². The summed E-state index contributed by atoms with van der Waals surface area (Å²) >= 11 is 0. The molecule has 7 heteroatoms. The van der Waals surface area contributed by atoms with Crippen molar-refractivity contribution in [3.8, 4) is 5.88 Å². The smallest absolute Gasteiger partial charge is 0.257 e. The molecular formula is C33H50N4O3. The van der Waals surface area contributed by atoms with Crippen LogP contribution in [-0.2, 0) is 4.79 Å². The Kier molecular flexibility index (Phi) is 7.64. The van der Waals surface area contributed by atoms with Gasteiger partial charge < -0.3 is 19.6 Å². The number of ether oxygens (including phenoxy) is 1.